The van der Waals surface area contributed by atoms with Crippen molar-refractivity contribution in [2.75, 3.05) is 24.5 Å². The van der Waals surface area contributed by atoms with Crippen LogP contribution >= 0.6 is 0 Å². The summed E-state index contributed by atoms with van der Waals surface area (Å²) in [5.74, 6) is 1.33. The van der Waals surface area contributed by atoms with Crippen LogP contribution in [0.15, 0.2) is 12.1 Å². The summed E-state index contributed by atoms with van der Waals surface area (Å²) >= 11 is 0. The van der Waals surface area contributed by atoms with Crippen molar-refractivity contribution in [1.29, 1.82) is 0 Å². The summed E-state index contributed by atoms with van der Waals surface area (Å²) in [6, 6.07) is 4.26. The second-order valence-corrected chi connectivity index (χ2v) is 7.67. The number of ether oxygens (including phenoxy) is 1. The van der Waals surface area contributed by atoms with Gasteiger partial charge in [0.25, 0.3) is 0 Å². The fourth-order valence-electron chi connectivity index (χ4n) is 2.82. The van der Waals surface area contributed by atoms with Crippen LogP contribution in [0.25, 0.3) is 11.0 Å². The first-order chi connectivity index (χ1) is 11.2. The van der Waals surface area contributed by atoms with Crippen LogP contribution in [-0.4, -0.2) is 41.3 Å². The van der Waals surface area contributed by atoms with Gasteiger partial charge in [0.2, 0.25) is 5.95 Å². The Balaban J connectivity index is 1.52. The van der Waals surface area contributed by atoms with E-state index in [2.05, 4.69) is 46.2 Å². The molecule has 1 aromatic heterocycles. The molecule has 1 aromatic carbocycles. The molecule has 2 N–H and O–H groups in total. The van der Waals surface area contributed by atoms with E-state index in [0.717, 1.165) is 30.1 Å². The van der Waals surface area contributed by atoms with E-state index in [1.54, 1.807) is 0 Å². The molecular weight excluding hydrogens is 304 g/mol. The molecule has 2 aromatic rings. The molecule has 0 atom stereocenters. The number of alkyl carbamates (subject to hydrolysis) is 1. The van der Waals surface area contributed by atoms with Crippen molar-refractivity contribution in [3.05, 3.63) is 23.3 Å². The molecule has 130 valence electrons. The summed E-state index contributed by atoms with van der Waals surface area (Å²) in [6.45, 7) is 12.2. The number of amides is 1. The van der Waals surface area contributed by atoms with E-state index in [4.69, 9.17) is 4.74 Å². The van der Waals surface area contributed by atoms with E-state index in [1.807, 2.05) is 20.8 Å². The maximum atomic E-state index is 11.7. The highest BCUT2D eigenvalue weighted by atomic mass is 16.6. The standard InChI is InChI=1S/C18H26N4O2/c1-11-6-14-15(7-12(11)2)21-16(20-14)22-9-13(10-22)8-19-17(23)24-18(3,4)5/h6-7,13H,8-10H2,1-5H3,(H,19,23)(H,20,21). The van der Waals surface area contributed by atoms with Crippen LogP contribution in [0.4, 0.5) is 10.7 Å². The number of anilines is 1. The molecule has 24 heavy (non-hydrogen) atoms. The maximum absolute atomic E-state index is 11.7. The highest BCUT2D eigenvalue weighted by Gasteiger charge is 2.29. The number of rotatable bonds is 3. The Hall–Kier alpha value is -2.24. The van der Waals surface area contributed by atoms with E-state index in [1.165, 1.54) is 11.1 Å². The molecule has 0 saturated carbocycles. The van der Waals surface area contributed by atoms with Gasteiger partial charge in [0, 0.05) is 25.6 Å². The number of carbonyl (C=O) groups excluding carboxylic acids is 1. The topological polar surface area (TPSA) is 70.2 Å². The minimum atomic E-state index is -0.458. The molecule has 0 radical (unpaired) electrons. The van der Waals surface area contributed by atoms with Crippen LogP contribution in [0.1, 0.15) is 31.9 Å². The monoisotopic (exact) mass is 330 g/mol. The van der Waals surface area contributed by atoms with Gasteiger partial charge in [0.1, 0.15) is 5.60 Å². The van der Waals surface area contributed by atoms with Gasteiger partial charge in [0.05, 0.1) is 11.0 Å². The number of carbonyl (C=O) groups is 1. The van der Waals surface area contributed by atoms with Gasteiger partial charge < -0.3 is 19.9 Å². The maximum Gasteiger partial charge on any atom is 0.407 e. The number of imidazole rings is 1. The quantitative estimate of drug-likeness (QED) is 0.907. The van der Waals surface area contributed by atoms with Gasteiger partial charge >= 0.3 is 6.09 Å². The first-order valence-corrected chi connectivity index (χ1v) is 8.40. The highest BCUT2D eigenvalue weighted by molar-refractivity contribution is 5.79. The molecule has 0 unspecified atom stereocenters. The number of hydrogen-bond acceptors (Lipinski definition) is 4. The van der Waals surface area contributed by atoms with Crippen molar-refractivity contribution in [3.63, 3.8) is 0 Å². The van der Waals surface area contributed by atoms with Gasteiger partial charge in [-0.25, -0.2) is 9.78 Å². The largest absolute Gasteiger partial charge is 0.444 e. The molecule has 1 fully saturated rings. The minimum absolute atomic E-state index is 0.351. The van der Waals surface area contributed by atoms with Crippen LogP contribution in [0, 0.1) is 19.8 Å². The zero-order chi connectivity index (χ0) is 17.5. The highest BCUT2D eigenvalue weighted by Crippen LogP contribution is 2.25. The fraction of sp³-hybridized carbons (Fsp3) is 0.556. The number of aromatic amines is 1. The minimum Gasteiger partial charge on any atom is -0.444 e. The van der Waals surface area contributed by atoms with Gasteiger partial charge in [0.15, 0.2) is 0 Å². The molecule has 3 rings (SSSR count). The Bertz CT molecular complexity index is 715. The third-order valence-electron chi connectivity index (χ3n) is 4.28. The molecule has 0 aliphatic carbocycles. The van der Waals surface area contributed by atoms with Crippen molar-refractivity contribution >= 4 is 23.1 Å². The van der Waals surface area contributed by atoms with Crippen LogP contribution in [0.2, 0.25) is 0 Å². The van der Waals surface area contributed by atoms with Crippen LogP contribution in [0.3, 0.4) is 0 Å². The van der Waals surface area contributed by atoms with Gasteiger partial charge in [-0.3, -0.25) is 0 Å². The van der Waals surface area contributed by atoms with Crippen LogP contribution in [0.5, 0.6) is 0 Å². The molecule has 1 saturated heterocycles. The van der Waals surface area contributed by atoms with Gasteiger partial charge in [-0.1, -0.05) is 0 Å². The van der Waals surface area contributed by atoms with Crippen molar-refractivity contribution in [2.24, 2.45) is 5.92 Å². The number of H-pyrrole nitrogens is 1. The molecule has 6 heteroatoms. The zero-order valence-corrected chi connectivity index (χ0v) is 15.1. The number of benzene rings is 1. The number of fused-ring (bicyclic) bond motifs is 1. The molecule has 0 bridgehead atoms. The lowest BCUT2D eigenvalue weighted by Crippen LogP contribution is -2.52. The second-order valence-electron chi connectivity index (χ2n) is 7.67. The third kappa shape index (κ3) is 3.63. The number of aryl methyl sites for hydroxylation is 2. The molecule has 1 aliphatic rings. The average molecular weight is 330 g/mol. The Morgan fingerprint density at radius 2 is 2.00 bits per heavy atom. The van der Waals surface area contributed by atoms with Crippen molar-refractivity contribution in [3.8, 4) is 0 Å². The number of aromatic nitrogens is 2. The summed E-state index contributed by atoms with van der Waals surface area (Å²) < 4.78 is 5.25. The van der Waals surface area contributed by atoms with E-state index in [9.17, 15) is 4.79 Å². The molecular formula is C18H26N4O2. The predicted octanol–water partition coefficient (Wildman–Crippen LogP) is 3.14. The van der Waals surface area contributed by atoms with Crippen LogP contribution < -0.4 is 10.2 Å². The predicted molar refractivity (Wildman–Crippen MR) is 95.5 cm³/mol. The summed E-state index contributed by atoms with van der Waals surface area (Å²) in [6.07, 6.45) is -0.351. The molecule has 0 spiro atoms. The fourth-order valence-corrected chi connectivity index (χ4v) is 2.82. The molecule has 1 amide bonds. The Morgan fingerprint density at radius 3 is 2.67 bits per heavy atom. The molecule has 2 heterocycles. The normalized spacial score (nSPS) is 15.5. The Labute approximate surface area is 142 Å². The lowest BCUT2D eigenvalue weighted by molar-refractivity contribution is 0.0516. The lowest BCUT2D eigenvalue weighted by atomic mass is 10.0. The van der Waals surface area contributed by atoms with Crippen molar-refractivity contribution in [1.82, 2.24) is 15.3 Å². The first kappa shape index (κ1) is 16.6. The summed E-state index contributed by atoms with van der Waals surface area (Å²) in [4.78, 5) is 21.9. The number of hydrogen-bond donors (Lipinski definition) is 2. The van der Waals surface area contributed by atoms with Gasteiger partial charge in [-0.15, -0.1) is 0 Å². The smallest absolute Gasteiger partial charge is 0.407 e. The zero-order valence-electron chi connectivity index (χ0n) is 15.1. The lowest BCUT2D eigenvalue weighted by Gasteiger charge is -2.39. The Kier molecular flexibility index (Phi) is 4.15. The molecule has 6 nitrogen and oxygen atoms in total. The van der Waals surface area contributed by atoms with Crippen molar-refractivity contribution < 1.29 is 9.53 Å². The summed E-state index contributed by atoms with van der Waals surface area (Å²) in [5.41, 5.74) is 4.14. The van der Waals surface area contributed by atoms with Gasteiger partial charge in [-0.05, 0) is 57.9 Å². The third-order valence-corrected chi connectivity index (χ3v) is 4.28. The summed E-state index contributed by atoms with van der Waals surface area (Å²) in [5, 5.41) is 2.84. The van der Waals surface area contributed by atoms with E-state index >= 15 is 0 Å². The van der Waals surface area contributed by atoms with Crippen molar-refractivity contribution in [2.45, 2.75) is 40.2 Å². The van der Waals surface area contributed by atoms with E-state index < -0.39 is 5.60 Å². The molecule has 1 aliphatic heterocycles. The second kappa shape index (κ2) is 6.00. The first-order valence-electron chi connectivity index (χ1n) is 8.40. The number of nitrogens with one attached hydrogen (secondary N) is 2. The SMILES string of the molecule is Cc1cc2nc(N3CC(CNC(=O)OC(C)(C)C)C3)[nH]c2cc1C. The van der Waals surface area contributed by atoms with Gasteiger partial charge in [-0.2, -0.15) is 0 Å². The van der Waals surface area contributed by atoms with Crippen LogP contribution in [-0.2, 0) is 4.74 Å². The van der Waals surface area contributed by atoms with E-state index in [-0.39, 0.29) is 6.09 Å². The number of nitrogens with zero attached hydrogens (tertiary/aromatic N) is 2. The summed E-state index contributed by atoms with van der Waals surface area (Å²) in [7, 11) is 0. The Morgan fingerprint density at radius 1 is 1.33 bits per heavy atom. The van der Waals surface area contributed by atoms with E-state index in [0.29, 0.717) is 12.5 Å². The average Bonchev–Trinajstić information content (AvgIpc) is 2.77.